The zero-order valence-corrected chi connectivity index (χ0v) is 11.9. The molecule has 2 N–H and O–H groups in total. The lowest BCUT2D eigenvalue weighted by atomic mass is 9.75. The van der Waals surface area contributed by atoms with Gasteiger partial charge in [-0.25, -0.2) is 0 Å². The van der Waals surface area contributed by atoms with Crippen LogP contribution in [0, 0.1) is 11.3 Å². The van der Waals surface area contributed by atoms with E-state index in [1.165, 1.54) is 0 Å². The highest BCUT2D eigenvalue weighted by atomic mass is 16.5. The first kappa shape index (κ1) is 15.4. The van der Waals surface area contributed by atoms with Crippen LogP contribution in [0.2, 0.25) is 0 Å². The van der Waals surface area contributed by atoms with Gasteiger partial charge in [0.15, 0.2) is 0 Å². The van der Waals surface area contributed by atoms with Crippen LogP contribution in [0.3, 0.4) is 0 Å². The van der Waals surface area contributed by atoms with Gasteiger partial charge in [-0.15, -0.1) is 0 Å². The van der Waals surface area contributed by atoms with Gasteiger partial charge in [-0.05, 0) is 18.9 Å². The molecule has 1 amide bonds. The van der Waals surface area contributed by atoms with Gasteiger partial charge in [-0.2, -0.15) is 0 Å². The van der Waals surface area contributed by atoms with Crippen LogP contribution in [0.25, 0.3) is 0 Å². The van der Waals surface area contributed by atoms with Gasteiger partial charge in [-0.1, -0.05) is 13.8 Å². The largest absolute Gasteiger partial charge is 0.389 e. The second kappa shape index (κ2) is 6.50. The van der Waals surface area contributed by atoms with Crippen molar-refractivity contribution in [3.8, 4) is 0 Å². The molecule has 1 aliphatic heterocycles. The van der Waals surface area contributed by atoms with Gasteiger partial charge < -0.3 is 20.1 Å². The molecule has 0 saturated carbocycles. The van der Waals surface area contributed by atoms with Crippen LogP contribution in [0.5, 0.6) is 0 Å². The number of ether oxygens (including phenoxy) is 1. The molecule has 0 spiro atoms. The first-order valence-electron chi connectivity index (χ1n) is 6.57. The molecule has 1 saturated heterocycles. The maximum atomic E-state index is 12.6. The summed E-state index contributed by atoms with van der Waals surface area (Å²) in [5.74, 6) is 0.416. The van der Waals surface area contributed by atoms with Crippen molar-refractivity contribution in [1.82, 2.24) is 10.2 Å². The fourth-order valence-corrected chi connectivity index (χ4v) is 2.66. The summed E-state index contributed by atoms with van der Waals surface area (Å²) < 4.78 is 4.88. The molecule has 1 fully saturated rings. The number of amides is 1. The van der Waals surface area contributed by atoms with Gasteiger partial charge in [0.2, 0.25) is 5.91 Å². The summed E-state index contributed by atoms with van der Waals surface area (Å²) in [6, 6.07) is 0. The SMILES string of the molecule is COCC(O)CN(C)C(=O)C1(C(C)C)CCNC1. The van der Waals surface area contributed by atoms with Gasteiger partial charge >= 0.3 is 0 Å². The Kier molecular flexibility index (Phi) is 5.56. The van der Waals surface area contributed by atoms with Gasteiger partial charge in [-0.3, -0.25) is 4.79 Å². The number of likely N-dealkylation sites (N-methyl/N-ethyl adjacent to an activating group) is 1. The third kappa shape index (κ3) is 3.22. The number of hydrogen-bond donors (Lipinski definition) is 2. The predicted octanol–water partition coefficient (Wildman–Crippen LogP) is 0.0878. The molecule has 18 heavy (non-hydrogen) atoms. The fraction of sp³-hybridized carbons (Fsp3) is 0.923. The lowest BCUT2D eigenvalue weighted by Gasteiger charge is -2.35. The van der Waals surface area contributed by atoms with Crippen molar-refractivity contribution in [2.75, 3.05) is 40.4 Å². The van der Waals surface area contributed by atoms with Crippen molar-refractivity contribution < 1.29 is 14.6 Å². The molecule has 1 rings (SSSR count). The van der Waals surface area contributed by atoms with Crippen LogP contribution in [0.15, 0.2) is 0 Å². The van der Waals surface area contributed by atoms with Gasteiger partial charge in [0.1, 0.15) is 0 Å². The Bertz CT molecular complexity index is 275. The third-order valence-corrected chi connectivity index (χ3v) is 3.91. The van der Waals surface area contributed by atoms with E-state index in [1.807, 2.05) is 0 Å². The highest BCUT2D eigenvalue weighted by Crippen LogP contribution is 2.35. The van der Waals surface area contributed by atoms with Gasteiger partial charge in [0, 0.05) is 27.2 Å². The van der Waals surface area contributed by atoms with Gasteiger partial charge in [0.05, 0.1) is 18.1 Å². The van der Waals surface area contributed by atoms with E-state index in [0.29, 0.717) is 12.5 Å². The average Bonchev–Trinajstić information content (AvgIpc) is 2.78. The number of nitrogens with one attached hydrogen (secondary N) is 1. The molecular formula is C13H26N2O3. The Morgan fingerprint density at radius 2 is 2.22 bits per heavy atom. The Balaban J connectivity index is 2.66. The molecule has 0 aliphatic carbocycles. The third-order valence-electron chi connectivity index (χ3n) is 3.91. The minimum absolute atomic E-state index is 0.123. The molecule has 106 valence electrons. The van der Waals surface area contributed by atoms with E-state index in [9.17, 15) is 9.90 Å². The minimum Gasteiger partial charge on any atom is -0.389 e. The van der Waals surface area contributed by atoms with E-state index >= 15 is 0 Å². The Morgan fingerprint density at radius 1 is 1.56 bits per heavy atom. The number of nitrogens with zero attached hydrogens (tertiary/aromatic N) is 1. The lowest BCUT2D eigenvalue weighted by Crippen LogP contribution is -2.49. The smallest absolute Gasteiger partial charge is 0.230 e. The van der Waals surface area contributed by atoms with Crippen LogP contribution in [-0.2, 0) is 9.53 Å². The number of aliphatic hydroxyl groups excluding tert-OH is 1. The number of carbonyl (C=O) groups is 1. The Labute approximate surface area is 109 Å². The summed E-state index contributed by atoms with van der Waals surface area (Å²) >= 11 is 0. The van der Waals surface area contributed by atoms with E-state index in [2.05, 4.69) is 19.2 Å². The highest BCUT2D eigenvalue weighted by Gasteiger charge is 2.45. The van der Waals surface area contributed by atoms with E-state index in [0.717, 1.165) is 19.5 Å². The molecule has 1 heterocycles. The molecular weight excluding hydrogens is 232 g/mol. The molecule has 2 unspecified atom stereocenters. The van der Waals surface area contributed by atoms with Crippen molar-refractivity contribution in [2.24, 2.45) is 11.3 Å². The second-order valence-corrected chi connectivity index (χ2v) is 5.53. The average molecular weight is 258 g/mol. The minimum atomic E-state index is -0.623. The van der Waals surface area contributed by atoms with E-state index in [1.54, 1.807) is 19.1 Å². The summed E-state index contributed by atoms with van der Waals surface area (Å²) in [4.78, 5) is 14.2. The number of carbonyl (C=O) groups excluding carboxylic acids is 1. The van der Waals surface area contributed by atoms with Crippen molar-refractivity contribution in [3.63, 3.8) is 0 Å². The van der Waals surface area contributed by atoms with E-state index < -0.39 is 6.10 Å². The van der Waals surface area contributed by atoms with E-state index in [4.69, 9.17) is 4.74 Å². The van der Waals surface area contributed by atoms with Crippen LogP contribution in [-0.4, -0.2) is 62.4 Å². The molecule has 2 atom stereocenters. The van der Waals surface area contributed by atoms with Crippen molar-refractivity contribution in [2.45, 2.75) is 26.4 Å². The van der Waals surface area contributed by atoms with Crippen LogP contribution in [0.1, 0.15) is 20.3 Å². The molecule has 0 aromatic carbocycles. The van der Waals surface area contributed by atoms with Crippen molar-refractivity contribution in [3.05, 3.63) is 0 Å². The molecule has 5 heteroatoms. The van der Waals surface area contributed by atoms with Crippen molar-refractivity contribution >= 4 is 5.91 Å². The number of rotatable bonds is 6. The molecule has 0 bridgehead atoms. The molecule has 0 aromatic rings. The number of methoxy groups -OCH3 is 1. The molecule has 0 radical (unpaired) electrons. The highest BCUT2D eigenvalue weighted by molar-refractivity contribution is 5.83. The zero-order valence-electron chi connectivity index (χ0n) is 11.9. The first-order chi connectivity index (χ1) is 8.44. The van der Waals surface area contributed by atoms with Crippen LogP contribution >= 0.6 is 0 Å². The second-order valence-electron chi connectivity index (χ2n) is 5.53. The number of hydrogen-bond acceptors (Lipinski definition) is 4. The fourth-order valence-electron chi connectivity index (χ4n) is 2.66. The summed E-state index contributed by atoms with van der Waals surface area (Å²) in [6.45, 7) is 6.37. The summed E-state index contributed by atoms with van der Waals surface area (Å²) in [7, 11) is 3.30. The summed E-state index contributed by atoms with van der Waals surface area (Å²) in [5, 5.41) is 13.0. The lowest BCUT2D eigenvalue weighted by molar-refractivity contribution is -0.144. The quantitative estimate of drug-likeness (QED) is 0.709. The predicted molar refractivity (Wildman–Crippen MR) is 70.3 cm³/mol. The van der Waals surface area contributed by atoms with Crippen LogP contribution in [0.4, 0.5) is 0 Å². The Morgan fingerprint density at radius 3 is 2.67 bits per heavy atom. The number of aliphatic hydroxyl groups is 1. The normalized spacial score (nSPS) is 25.4. The molecule has 1 aliphatic rings. The molecule has 5 nitrogen and oxygen atoms in total. The maximum absolute atomic E-state index is 12.6. The monoisotopic (exact) mass is 258 g/mol. The topological polar surface area (TPSA) is 61.8 Å². The van der Waals surface area contributed by atoms with E-state index in [-0.39, 0.29) is 17.9 Å². The summed E-state index contributed by atoms with van der Waals surface area (Å²) in [6.07, 6.45) is 0.247. The van der Waals surface area contributed by atoms with Crippen molar-refractivity contribution in [1.29, 1.82) is 0 Å². The summed E-state index contributed by atoms with van der Waals surface area (Å²) in [5.41, 5.74) is -0.318. The standard InChI is InChI=1S/C13H26N2O3/c1-10(2)13(5-6-14-9-13)12(17)15(3)7-11(16)8-18-4/h10-11,14,16H,5-9H2,1-4H3. The Hall–Kier alpha value is -0.650. The zero-order chi connectivity index (χ0) is 13.8. The maximum Gasteiger partial charge on any atom is 0.230 e. The van der Waals surface area contributed by atoms with Gasteiger partial charge in [0.25, 0.3) is 0 Å². The molecule has 0 aromatic heterocycles. The first-order valence-corrected chi connectivity index (χ1v) is 6.57. The van der Waals surface area contributed by atoms with Crippen LogP contribution < -0.4 is 5.32 Å².